The van der Waals surface area contributed by atoms with Gasteiger partial charge in [-0.05, 0) is 62.9 Å². The molecule has 0 spiro atoms. The third kappa shape index (κ3) is 7.99. The van der Waals surface area contributed by atoms with Gasteiger partial charge in [0.1, 0.15) is 17.7 Å². The Morgan fingerprint density at radius 1 is 0.921 bits per heavy atom. The Labute approximate surface area is 221 Å². The van der Waals surface area contributed by atoms with Gasteiger partial charge in [0, 0.05) is 29.6 Å². The summed E-state index contributed by atoms with van der Waals surface area (Å²) < 4.78 is 5.27. The largest absolute Gasteiger partial charge is 0.423 e. The summed E-state index contributed by atoms with van der Waals surface area (Å²) in [7, 11) is 0. The lowest BCUT2D eigenvalue weighted by Gasteiger charge is -2.24. The van der Waals surface area contributed by atoms with Crippen LogP contribution in [0.5, 0.6) is 0 Å². The summed E-state index contributed by atoms with van der Waals surface area (Å²) in [5.74, 6) is -1.42. The number of carbonyl (C=O) groups is 3. The Morgan fingerprint density at radius 2 is 1.63 bits per heavy atom. The number of hydrogen-bond donors (Lipinski definition) is 5. The number of aryl methyl sites for hydroxylation is 1. The number of hydrogen-bond acceptors (Lipinski definition) is 7. The van der Waals surface area contributed by atoms with E-state index in [2.05, 4.69) is 16.0 Å². The maximum atomic E-state index is 13.3. The summed E-state index contributed by atoms with van der Waals surface area (Å²) >= 11 is 0. The zero-order valence-electron chi connectivity index (χ0n) is 21.7. The van der Waals surface area contributed by atoms with Gasteiger partial charge in [-0.15, -0.1) is 0 Å². The molecule has 1 aromatic heterocycles. The molecule has 3 rings (SSSR count). The van der Waals surface area contributed by atoms with E-state index < -0.39 is 41.5 Å². The van der Waals surface area contributed by atoms with Crippen LogP contribution >= 0.6 is 0 Å². The summed E-state index contributed by atoms with van der Waals surface area (Å²) in [4.78, 5) is 50.7. The Bertz CT molecular complexity index is 1320. The molecule has 0 aliphatic heterocycles. The van der Waals surface area contributed by atoms with Gasteiger partial charge in [0.15, 0.2) is 0 Å². The van der Waals surface area contributed by atoms with Gasteiger partial charge in [-0.3, -0.25) is 14.4 Å². The number of amides is 3. The first-order chi connectivity index (χ1) is 18.2. The lowest BCUT2D eigenvalue weighted by molar-refractivity contribution is -0.131. The highest BCUT2D eigenvalue weighted by atomic mass is 16.4. The molecule has 0 saturated heterocycles. The molecule has 0 bridgehead atoms. The molecule has 0 fully saturated rings. The molecule has 3 atom stereocenters. The van der Waals surface area contributed by atoms with E-state index in [9.17, 15) is 19.2 Å². The average molecular weight is 522 g/mol. The van der Waals surface area contributed by atoms with Crippen LogP contribution in [0.2, 0.25) is 0 Å². The highest BCUT2D eigenvalue weighted by Gasteiger charge is 2.27. The van der Waals surface area contributed by atoms with Crippen LogP contribution in [0.15, 0.2) is 63.8 Å². The van der Waals surface area contributed by atoms with E-state index in [0.29, 0.717) is 37.1 Å². The van der Waals surface area contributed by atoms with Crippen molar-refractivity contribution in [3.63, 3.8) is 0 Å². The van der Waals surface area contributed by atoms with E-state index >= 15 is 0 Å². The molecular weight excluding hydrogens is 486 g/mol. The zero-order valence-corrected chi connectivity index (χ0v) is 21.7. The Kier molecular flexibility index (Phi) is 10.1. The van der Waals surface area contributed by atoms with Crippen molar-refractivity contribution in [2.75, 3.05) is 11.9 Å². The number of unbranched alkanes of at least 4 members (excludes halogenated alkanes) is 1. The predicted octanol–water partition coefficient (Wildman–Crippen LogP) is 1.73. The molecule has 2 aromatic carbocycles. The molecule has 0 unspecified atom stereocenters. The van der Waals surface area contributed by atoms with Crippen molar-refractivity contribution in [1.82, 2.24) is 10.6 Å². The fraction of sp³-hybridized carbons (Fsp3) is 0.357. The SMILES string of the molecule is Cc1cc(=O)oc2cc(NC(=O)[C@H](CCCCN)NC(=O)[C@H](Cc3ccccc3)NC(=O)[C@H](C)N)ccc12. The first kappa shape index (κ1) is 28.5. The van der Waals surface area contributed by atoms with Crippen LogP contribution in [0.1, 0.15) is 37.3 Å². The lowest BCUT2D eigenvalue weighted by atomic mass is 10.0. The van der Waals surface area contributed by atoms with E-state index in [1.807, 2.05) is 30.3 Å². The zero-order chi connectivity index (χ0) is 27.7. The van der Waals surface area contributed by atoms with Crippen molar-refractivity contribution in [2.24, 2.45) is 11.5 Å². The van der Waals surface area contributed by atoms with E-state index in [4.69, 9.17) is 15.9 Å². The van der Waals surface area contributed by atoms with Gasteiger partial charge < -0.3 is 31.8 Å². The first-order valence-electron chi connectivity index (χ1n) is 12.6. The van der Waals surface area contributed by atoms with Gasteiger partial charge in [0.05, 0.1) is 6.04 Å². The van der Waals surface area contributed by atoms with Crippen molar-refractivity contribution >= 4 is 34.4 Å². The van der Waals surface area contributed by atoms with Gasteiger partial charge in [-0.2, -0.15) is 0 Å². The molecule has 7 N–H and O–H groups in total. The van der Waals surface area contributed by atoms with Crippen molar-refractivity contribution in [2.45, 2.75) is 57.7 Å². The molecule has 0 radical (unpaired) electrons. The van der Waals surface area contributed by atoms with Gasteiger partial charge in [-0.25, -0.2) is 4.79 Å². The normalized spacial score (nSPS) is 13.4. The van der Waals surface area contributed by atoms with Crippen molar-refractivity contribution < 1.29 is 18.8 Å². The van der Waals surface area contributed by atoms with E-state index in [1.54, 1.807) is 25.1 Å². The maximum absolute atomic E-state index is 13.3. The summed E-state index contributed by atoms with van der Waals surface area (Å²) in [6.45, 7) is 3.78. The van der Waals surface area contributed by atoms with Crippen LogP contribution in [0.25, 0.3) is 11.0 Å². The average Bonchev–Trinajstić information content (AvgIpc) is 2.87. The Balaban J connectivity index is 1.80. The predicted molar refractivity (Wildman–Crippen MR) is 146 cm³/mol. The second kappa shape index (κ2) is 13.5. The molecule has 0 saturated carbocycles. The van der Waals surface area contributed by atoms with Crippen LogP contribution in [0, 0.1) is 6.92 Å². The summed E-state index contributed by atoms with van der Waals surface area (Å²) in [5.41, 5.74) is 13.2. The van der Waals surface area contributed by atoms with Crippen molar-refractivity contribution in [3.05, 3.63) is 76.1 Å². The highest BCUT2D eigenvalue weighted by molar-refractivity contribution is 5.99. The van der Waals surface area contributed by atoms with Gasteiger partial charge in [-0.1, -0.05) is 30.3 Å². The molecule has 0 aliphatic rings. The first-order valence-corrected chi connectivity index (χ1v) is 12.6. The molecular formula is C28H35N5O5. The molecule has 1 heterocycles. The minimum atomic E-state index is -0.932. The minimum absolute atomic E-state index is 0.228. The molecule has 38 heavy (non-hydrogen) atoms. The van der Waals surface area contributed by atoms with E-state index in [0.717, 1.165) is 16.5 Å². The quantitative estimate of drug-likeness (QED) is 0.178. The number of benzene rings is 2. The Morgan fingerprint density at radius 3 is 2.32 bits per heavy atom. The number of anilines is 1. The van der Waals surface area contributed by atoms with Gasteiger partial charge in [0.2, 0.25) is 17.7 Å². The molecule has 10 nitrogen and oxygen atoms in total. The number of nitrogens with two attached hydrogens (primary N) is 2. The van der Waals surface area contributed by atoms with Crippen LogP contribution in [-0.4, -0.2) is 42.4 Å². The molecule has 3 aromatic rings. The lowest BCUT2D eigenvalue weighted by Crippen LogP contribution is -2.55. The standard InChI is InChI=1S/C28H35N5O5/c1-17-14-25(34)38-24-16-20(11-12-21(17)24)31-27(36)22(10-6-7-13-29)32-28(37)23(33-26(35)18(2)30)15-19-8-4-3-5-9-19/h3-5,8-9,11-12,14,16,18,22-23H,6-7,10,13,15,29-30H2,1-2H3,(H,31,36)(H,32,37)(H,33,35)/t18-,22-,23-/m0/s1. The number of nitrogens with one attached hydrogen (secondary N) is 3. The molecule has 10 heteroatoms. The minimum Gasteiger partial charge on any atom is -0.423 e. The third-order valence-corrected chi connectivity index (χ3v) is 6.13. The van der Waals surface area contributed by atoms with Crippen molar-refractivity contribution in [1.29, 1.82) is 0 Å². The molecule has 0 aliphatic carbocycles. The van der Waals surface area contributed by atoms with Crippen molar-refractivity contribution in [3.8, 4) is 0 Å². The monoisotopic (exact) mass is 521 g/mol. The molecule has 3 amide bonds. The molecule has 202 valence electrons. The van der Waals surface area contributed by atoms with Crippen LogP contribution < -0.4 is 33.0 Å². The number of carbonyl (C=O) groups excluding carboxylic acids is 3. The van der Waals surface area contributed by atoms with Crippen LogP contribution in [0.4, 0.5) is 5.69 Å². The number of rotatable bonds is 12. The smallest absolute Gasteiger partial charge is 0.336 e. The summed E-state index contributed by atoms with van der Waals surface area (Å²) in [6.07, 6.45) is 1.85. The fourth-order valence-electron chi connectivity index (χ4n) is 4.03. The maximum Gasteiger partial charge on any atom is 0.336 e. The summed E-state index contributed by atoms with van der Waals surface area (Å²) in [5, 5.41) is 9.03. The highest BCUT2D eigenvalue weighted by Crippen LogP contribution is 2.21. The van der Waals surface area contributed by atoms with Gasteiger partial charge in [0.25, 0.3) is 0 Å². The Hall–Kier alpha value is -4.02. The van der Waals surface area contributed by atoms with Gasteiger partial charge >= 0.3 is 5.63 Å². The second-order valence-electron chi connectivity index (χ2n) is 9.33. The fourth-order valence-corrected chi connectivity index (χ4v) is 4.03. The topological polar surface area (TPSA) is 170 Å². The van der Waals surface area contributed by atoms with E-state index in [-0.39, 0.29) is 6.42 Å². The second-order valence-corrected chi connectivity index (χ2v) is 9.33. The van der Waals surface area contributed by atoms with Crippen LogP contribution in [0.3, 0.4) is 0 Å². The summed E-state index contributed by atoms with van der Waals surface area (Å²) in [6, 6.07) is 13.0. The van der Waals surface area contributed by atoms with Crippen LogP contribution in [-0.2, 0) is 20.8 Å². The number of fused-ring (bicyclic) bond motifs is 1. The third-order valence-electron chi connectivity index (χ3n) is 6.13. The van der Waals surface area contributed by atoms with E-state index in [1.165, 1.54) is 13.0 Å².